The molecular weight excluding hydrogens is 388 g/mol. The third kappa shape index (κ3) is 7.27. The van der Waals surface area contributed by atoms with Crippen LogP contribution in [0.25, 0.3) is 0 Å². The average Bonchev–Trinajstić information content (AvgIpc) is 2.69. The molecule has 2 aromatic rings. The van der Waals surface area contributed by atoms with Crippen LogP contribution in [0.4, 0.5) is 0 Å². The molecule has 0 saturated heterocycles. The van der Waals surface area contributed by atoms with Crippen LogP contribution in [0, 0.1) is 13.8 Å². The van der Waals surface area contributed by atoms with E-state index < -0.39 is 16.1 Å². The largest absolute Gasteiger partial charge is 0.385 e. The zero-order chi connectivity index (χ0) is 21.3. The number of hydrogen-bond donors (Lipinski definition) is 2. The fraction of sp³-hybridized carbons (Fsp3) is 0.409. The number of benzene rings is 2. The van der Waals surface area contributed by atoms with Gasteiger partial charge in [-0.25, -0.2) is 13.1 Å². The van der Waals surface area contributed by atoms with Crippen LogP contribution in [-0.2, 0) is 19.6 Å². The summed E-state index contributed by atoms with van der Waals surface area (Å²) in [6.07, 6.45) is 1.89. The minimum absolute atomic E-state index is 0.0729. The number of rotatable bonds is 11. The van der Waals surface area contributed by atoms with Crippen LogP contribution in [0.3, 0.4) is 0 Å². The predicted molar refractivity (Wildman–Crippen MR) is 114 cm³/mol. The van der Waals surface area contributed by atoms with E-state index in [1.807, 2.05) is 43.3 Å². The number of sulfonamides is 1. The summed E-state index contributed by atoms with van der Waals surface area (Å²) >= 11 is 0. The molecule has 0 aliphatic heterocycles. The van der Waals surface area contributed by atoms with Crippen molar-refractivity contribution >= 4 is 15.9 Å². The molecule has 6 nitrogen and oxygen atoms in total. The summed E-state index contributed by atoms with van der Waals surface area (Å²) in [6, 6.07) is 14.1. The monoisotopic (exact) mass is 418 g/mol. The van der Waals surface area contributed by atoms with Crippen molar-refractivity contribution in [1.82, 2.24) is 10.0 Å². The molecule has 7 heteroatoms. The third-order valence-corrected chi connectivity index (χ3v) is 6.22. The highest BCUT2D eigenvalue weighted by Crippen LogP contribution is 2.18. The lowest BCUT2D eigenvalue weighted by Gasteiger charge is -2.20. The summed E-state index contributed by atoms with van der Waals surface area (Å²) in [7, 11) is -2.06. The molecule has 0 fully saturated rings. The highest BCUT2D eigenvalue weighted by atomic mass is 32.2. The van der Waals surface area contributed by atoms with Crippen molar-refractivity contribution in [3.8, 4) is 0 Å². The first-order valence-electron chi connectivity index (χ1n) is 9.73. The Morgan fingerprint density at radius 2 is 1.79 bits per heavy atom. The number of carbonyl (C=O) groups is 1. The molecule has 0 heterocycles. The van der Waals surface area contributed by atoms with E-state index in [4.69, 9.17) is 4.74 Å². The van der Waals surface area contributed by atoms with Crippen LogP contribution < -0.4 is 10.0 Å². The van der Waals surface area contributed by atoms with Crippen molar-refractivity contribution in [3.05, 3.63) is 65.2 Å². The van der Waals surface area contributed by atoms with Crippen LogP contribution in [0.1, 0.15) is 42.0 Å². The van der Waals surface area contributed by atoms with Crippen molar-refractivity contribution in [2.45, 2.75) is 44.0 Å². The fourth-order valence-corrected chi connectivity index (χ4v) is 4.38. The standard InChI is InChI=1S/C22H30N2O4S/c1-17-12-13-21(18(2)15-17)29(26,27)23-16-20(19-9-5-4-6-10-19)24-22(25)11-7-8-14-28-3/h4-6,9-10,12-13,15,20,23H,7-8,11,14,16H2,1-3H3,(H,24,25)/t20-/m1/s1. The molecular formula is C22H30N2O4S. The number of unbranched alkanes of at least 4 members (excludes halogenated alkanes) is 1. The first-order chi connectivity index (χ1) is 13.8. The van der Waals surface area contributed by atoms with E-state index in [-0.39, 0.29) is 17.3 Å². The molecule has 0 aromatic heterocycles. The SMILES string of the molecule is COCCCCC(=O)N[C@H](CNS(=O)(=O)c1ccc(C)cc1C)c1ccccc1. The Labute approximate surface area is 173 Å². The summed E-state index contributed by atoms with van der Waals surface area (Å²) in [4.78, 5) is 12.6. The number of carbonyl (C=O) groups excluding carboxylic acids is 1. The molecule has 2 N–H and O–H groups in total. The molecule has 0 saturated carbocycles. The van der Waals surface area contributed by atoms with Crippen molar-refractivity contribution in [2.24, 2.45) is 0 Å². The van der Waals surface area contributed by atoms with Crippen LogP contribution >= 0.6 is 0 Å². The lowest BCUT2D eigenvalue weighted by Crippen LogP contribution is -2.38. The van der Waals surface area contributed by atoms with Crippen molar-refractivity contribution < 1.29 is 17.9 Å². The maximum Gasteiger partial charge on any atom is 0.240 e. The second-order valence-electron chi connectivity index (χ2n) is 7.10. The molecule has 1 amide bonds. The van der Waals surface area contributed by atoms with Gasteiger partial charge >= 0.3 is 0 Å². The van der Waals surface area contributed by atoms with E-state index in [9.17, 15) is 13.2 Å². The molecule has 0 aliphatic rings. The van der Waals surface area contributed by atoms with Gasteiger partial charge in [0.25, 0.3) is 0 Å². The minimum atomic E-state index is -3.69. The summed E-state index contributed by atoms with van der Waals surface area (Å²) in [5.41, 5.74) is 2.54. The highest BCUT2D eigenvalue weighted by molar-refractivity contribution is 7.89. The van der Waals surface area contributed by atoms with Crippen molar-refractivity contribution in [2.75, 3.05) is 20.3 Å². The number of nitrogens with one attached hydrogen (secondary N) is 2. The van der Waals surface area contributed by atoms with Gasteiger partial charge in [-0.3, -0.25) is 4.79 Å². The molecule has 0 unspecified atom stereocenters. The molecule has 0 bridgehead atoms. The first-order valence-corrected chi connectivity index (χ1v) is 11.2. The lowest BCUT2D eigenvalue weighted by atomic mass is 10.1. The van der Waals surface area contributed by atoms with Crippen LogP contribution in [-0.4, -0.2) is 34.6 Å². The maximum atomic E-state index is 12.8. The minimum Gasteiger partial charge on any atom is -0.385 e. The Morgan fingerprint density at radius 3 is 2.45 bits per heavy atom. The zero-order valence-corrected chi connectivity index (χ0v) is 18.1. The Kier molecular flexibility index (Phi) is 8.82. The van der Waals surface area contributed by atoms with E-state index >= 15 is 0 Å². The lowest BCUT2D eigenvalue weighted by molar-refractivity contribution is -0.122. The van der Waals surface area contributed by atoms with Crippen LogP contribution in [0.2, 0.25) is 0 Å². The van der Waals surface area contributed by atoms with Gasteiger partial charge in [-0.05, 0) is 43.9 Å². The van der Waals surface area contributed by atoms with E-state index in [2.05, 4.69) is 10.0 Å². The fourth-order valence-electron chi connectivity index (χ4n) is 3.11. The van der Waals surface area contributed by atoms with Gasteiger partial charge in [0.2, 0.25) is 15.9 Å². The molecule has 29 heavy (non-hydrogen) atoms. The van der Waals surface area contributed by atoms with E-state index in [0.717, 1.165) is 24.0 Å². The van der Waals surface area contributed by atoms with E-state index in [0.29, 0.717) is 18.6 Å². The number of hydrogen-bond acceptors (Lipinski definition) is 4. The second-order valence-corrected chi connectivity index (χ2v) is 8.84. The topological polar surface area (TPSA) is 84.5 Å². The smallest absolute Gasteiger partial charge is 0.240 e. The van der Waals surface area contributed by atoms with E-state index in [1.165, 1.54) is 0 Å². The summed E-state index contributed by atoms with van der Waals surface area (Å²) in [5.74, 6) is -0.110. The first kappa shape index (κ1) is 23.1. The second kappa shape index (κ2) is 11.1. The normalized spacial score (nSPS) is 12.5. The van der Waals surface area contributed by atoms with Gasteiger partial charge in [0.15, 0.2) is 0 Å². The molecule has 2 rings (SSSR count). The Hall–Kier alpha value is -2.22. The number of methoxy groups -OCH3 is 1. The summed E-state index contributed by atoms with van der Waals surface area (Å²) < 4.78 is 33.2. The molecule has 158 valence electrons. The van der Waals surface area contributed by atoms with Crippen LogP contribution in [0.5, 0.6) is 0 Å². The molecule has 0 spiro atoms. The Balaban J connectivity index is 2.08. The number of ether oxygens (including phenoxy) is 1. The molecule has 0 radical (unpaired) electrons. The maximum absolute atomic E-state index is 12.8. The van der Waals surface area contributed by atoms with Crippen LogP contribution in [0.15, 0.2) is 53.4 Å². The Bertz CT molecular complexity index is 898. The summed E-state index contributed by atoms with van der Waals surface area (Å²) in [6.45, 7) is 4.39. The van der Waals surface area contributed by atoms with Gasteiger partial charge in [-0.2, -0.15) is 0 Å². The number of amides is 1. The molecule has 1 atom stereocenters. The van der Waals surface area contributed by atoms with Gasteiger partial charge in [0.1, 0.15) is 0 Å². The average molecular weight is 419 g/mol. The van der Waals surface area contributed by atoms with Gasteiger partial charge in [-0.1, -0.05) is 48.0 Å². The predicted octanol–water partition coefficient (Wildman–Crippen LogP) is 3.26. The van der Waals surface area contributed by atoms with Gasteiger partial charge in [-0.15, -0.1) is 0 Å². The van der Waals surface area contributed by atoms with Gasteiger partial charge in [0.05, 0.1) is 10.9 Å². The zero-order valence-electron chi connectivity index (χ0n) is 17.3. The highest BCUT2D eigenvalue weighted by Gasteiger charge is 2.21. The van der Waals surface area contributed by atoms with Crippen molar-refractivity contribution in [1.29, 1.82) is 0 Å². The van der Waals surface area contributed by atoms with Crippen molar-refractivity contribution in [3.63, 3.8) is 0 Å². The third-order valence-electron chi connectivity index (χ3n) is 4.64. The van der Waals surface area contributed by atoms with Gasteiger partial charge in [0, 0.05) is 26.7 Å². The number of aryl methyl sites for hydroxylation is 2. The molecule has 0 aliphatic carbocycles. The molecule has 2 aromatic carbocycles. The van der Waals surface area contributed by atoms with E-state index in [1.54, 1.807) is 26.2 Å². The quantitative estimate of drug-likeness (QED) is 0.549. The summed E-state index contributed by atoms with van der Waals surface area (Å²) in [5, 5.41) is 2.95. The Morgan fingerprint density at radius 1 is 1.07 bits per heavy atom. The van der Waals surface area contributed by atoms with Gasteiger partial charge < -0.3 is 10.1 Å².